The van der Waals surface area contributed by atoms with Crippen LogP contribution in [0, 0.1) is 6.92 Å². The highest BCUT2D eigenvalue weighted by molar-refractivity contribution is 8.22. The van der Waals surface area contributed by atoms with Crippen LogP contribution in [0.1, 0.15) is 5.56 Å². The van der Waals surface area contributed by atoms with E-state index in [0.717, 1.165) is 5.69 Å². The number of hydrogen-bond acceptors (Lipinski definition) is 1. The number of nitrogens with one attached hydrogen (secondary N) is 1. The quantitative estimate of drug-likeness (QED) is 0.771. The van der Waals surface area contributed by atoms with Crippen molar-refractivity contribution in [3.05, 3.63) is 59.0 Å². The molecule has 17 heavy (non-hydrogen) atoms. The van der Waals surface area contributed by atoms with Gasteiger partial charge in [0.25, 0.3) is 0 Å². The zero-order valence-electron chi connectivity index (χ0n) is 9.59. The van der Waals surface area contributed by atoms with Crippen LogP contribution in [0.25, 0.3) is 11.3 Å². The van der Waals surface area contributed by atoms with Gasteiger partial charge < -0.3 is 0 Å². The molecule has 0 amide bonds. The number of nitrogens with zero attached hydrogens (tertiary/aromatic N) is 1. The van der Waals surface area contributed by atoms with Gasteiger partial charge in [-0.05, 0) is 46.4 Å². The van der Waals surface area contributed by atoms with Crippen molar-refractivity contribution in [2.75, 3.05) is 0 Å². The second-order valence-corrected chi connectivity index (χ2v) is 5.94. The Morgan fingerprint density at radius 3 is 2.59 bits per heavy atom. The van der Waals surface area contributed by atoms with Crippen molar-refractivity contribution in [3.63, 3.8) is 0 Å². The molecule has 86 valence electrons. The van der Waals surface area contributed by atoms with E-state index in [2.05, 4.69) is 58.3 Å². The maximum absolute atomic E-state index is 4.21. The maximum atomic E-state index is 4.21. The lowest BCUT2D eigenvalue weighted by atomic mass is 10.1. The number of rotatable bonds is 2. The van der Waals surface area contributed by atoms with Crippen LogP contribution >= 0.6 is 10.9 Å². The number of aryl methyl sites for hydroxylation is 1. The van der Waals surface area contributed by atoms with E-state index in [1.165, 1.54) is 16.0 Å². The van der Waals surface area contributed by atoms with E-state index in [-0.39, 0.29) is 10.9 Å². The zero-order chi connectivity index (χ0) is 11.7. The molecule has 0 saturated heterocycles. The van der Waals surface area contributed by atoms with Crippen LogP contribution in [0.4, 0.5) is 0 Å². The molecule has 0 radical (unpaired) electrons. The molecule has 0 unspecified atom stereocenters. The molecule has 2 aromatic rings. The number of H-pyrrole nitrogens is 1. The van der Waals surface area contributed by atoms with Gasteiger partial charge in [0.15, 0.2) is 0 Å². The van der Waals surface area contributed by atoms with Crippen molar-refractivity contribution < 1.29 is 0 Å². The van der Waals surface area contributed by atoms with E-state index < -0.39 is 0 Å². The summed E-state index contributed by atoms with van der Waals surface area (Å²) in [6, 6.07) is 8.59. The molecule has 2 nitrogen and oxygen atoms in total. The van der Waals surface area contributed by atoms with Crippen molar-refractivity contribution in [2.45, 2.75) is 11.8 Å². The third-order valence-corrected chi connectivity index (χ3v) is 4.92. The van der Waals surface area contributed by atoms with Crippen LogP contribution in [0.15, 0.2) is 58.3 Å². The van der Waals surface area contributed by atoms with Gasteiger partial charge in [0.1, 0.15) is 0 Å². The molecule has 1 aromatic carbocycles. The van der Waals surface area contributed by atoms with Gasteiger partial charge in [-0.1, -0.05) is 18.2 Å². The summed E-state index contributed by atoms with van der Waals surface area (Å²) >= 11 is 0. The van der Waals surface area contributed by atoms with Gasteiger partial charge in [-0.3, -0.25) is 5.10 Å². The second kappa shape index (κ2) is 4.26. The SMILES string of the molecule is Cc1cc(-c2cc[nH]n2)ccc1[SH]1C=CC=C1. The maximum Gasteiger partial charge on any atom is 0.0920 e. The van der Waals surface area contributed by atoms with Crippen LogP contribution in [0.3, 0.4) is 0 Å². The minimum Gasteiger partial charge on any atom is -0.285 e. The lowest BCUT2D eigenvalue weighted by Gasteiger charge is -2.14. The van der Waals surface area contributed by atoms with Crippen LogP contribution in [-0.2, 0) is 0 Å². The molecule has 0 saturated carbocycles. The van der Waals surface area contributed by atoms with Gasteiger partial charge in [0.2, 0.25) is 0 Å². The first-order valence-electron chi connectivity index (χ1n) is 5.59. The van der Waals surface area contributed by atoms with Crippen molar-refractivity contribution in [1.29, 1.82) is 0 Å². The van der Waals surface area contributed by atoms with Gasteiger partial charge in [-0.15, -0.1) is 0 Å². The first-order valence-corrected chi connectivity index (χ1v) is 7.07. The number of aromatic nitrogens is 2. The first kappa shape index (κ1) is 10.4. The third-order valence-electron chi connectivity index (χ3n) is 2.88. The minimum absolute atomic E-state index is 0.220. The second-order valence-electron chi connectivity index (χ2n) is 4.05. The van der Waals surface area contributed by atoms with Gasteiger partial charge in [-0.2, -0.15) is 16.0 Å². The van der Waals surface area contributed by atoms with Gasteiger partial charge in [0, 0.05) is 11.8 Å². The van der Waals surface area contributed by atoms with Gasteiger partial charge >= 0.3 is 0 Å². The lowest BCUT2D eigenvalue weighted by Crippen LogP contribution is -1.85. The minimum atomic E-state index is -0.220. The zero-order valence-corrected chi connectivity index (χ0v) is 10.5. The molecule has 0 aliphatic carbocycles. The molecule has 0 fully saturated rings. The lowest BCUT2D eigenvalue weighted by molar-refractivity contribution is 1.09. The van der Waals surface area contributed by atoms with Crippen LogP contribution in [0.5, 0.6) is 0 Å². The van der Waals surface area contributed by atoms with Gasteiger partial charge in [-0.25, -0.2) is 0 Å². The van der Waals surface area contributed by atoms with Crippen molar-refractivity contribution in [1.82, 2.24) is 10.2 Å². The molecule has 1 aromatic heterocycles. The number of thiol groups is 1. The van der Waals surface area contributed by atoms with Crippen molar-refractivity contribution >= 4 is 10.9 Å². The van der Waals surface area contributed by atoms with E-state index in [9.17, 15) is 0 Å². The van der Waals surface area contributed by atoms with Crippen LogP contribution < -0.4 is 0 Å². The molecule has 3 rings (SSSR count). The highest BCUT2D eigenvalue weighted by Gasteiger charge is 2.08. The fraction of sp³-hybridized carbons (Fsp3) is 0.0714. The average molecular weight is 242 g/mol. The van der Waals surface area contributed by atoms with Crippen molar-refractivity contribution in [2.24, 2.45) is 0 Å². The Morgan fingerprint density at radius 1 is 1.12 bits per heavy atom. The molecular weight excluding hydrogens is 228 g/mol. The molecule has 0 bridgehead atoms. The van der Waals surface area contributed by atoms with E-state index in [1.807, 2.05) is 12.3 Å². The van der Waals surface area contributed by atoms with Crippen LogP contribution in [-0.4, -0.2) is 10.2 Å². The molecule has 1 aliphatic heterocycles. The summed E-state index contributed by atoms with van der Waals surface area (Å²) in [7, 11) is -0.220. The Labute approximate surface area is 103 Å². The molecule has 3 heteroatoms. The van der Waals surface area contributed by atoms with Crippen molar-refractivity contribution in [3.8, 4) is 11.3 Å². The monoisotopic (exact) mass is 242 g/mol. The molecule has 2 heterocycles. The predicted octanol–water partition coefficient (Wildman–Crippen LogP) is 3.79. The standard InChI is InChI=1S/C14H14N2S/c1-11-10-12(13-6-7-15-16-13)4-5-14(11)17-8-2-3-9-17/h2-10,17H,1H3,(H,15,16). The highest BCUT2D eigenvalue weighted by Crippen LogP contribution is 2.44. The topological polar surface area (TPSA) is 28.7 Å². The third kappa shape index (κ3) is 1.94. The normalized spacial score (nSPS) is 15.7. The smallest absolute Gasteiger partial charge is 0.0920 e. The summed E-state index contributed by atoms with van der Waals surface area (Å²) in [6.45, 7) is 2.17. The molecular formula is C14H14N2S. The fourth-order valence-corrected chi connectivity index (χ4v) is 3.73. The summed E-state index contributed by atoms with van der Waals surface area (Å²) in [6.07, 6.45) is 6.12. The Balaban J connectivity index is 1.99. The average Bonchev–Trinajstić information content (AvgIpc) is 3.02. The number of allylic oxidation sites excluding steroid dienone is 2. The van der Waals surface area contributed by atoms with E-state index in [4.69, 9.17) is 0 Å². The van der Waals surface area contributed by atoms with Gasteiger partial charge in [0.05, 0.1) is 5.69 Å². The van der Waals surface area contributed by atoms with E-state index in [0.29, 0.717) is 0 Å². The summed E-state index contributed by atoms with van der Waals surface area (Å²) < 4.78 is 0. The Bertz CT molecular complexity index is 570. The summed E-state index contributed by atoms with van der Waals surface area (Å²) in [4.78, 5) is 1.43. The fourth-order valence-electron chi connectivity index (χ4n) is 2.02. The highest BCUT2D eigenvalue weighted by atomic mass is 32.2. The first-order chi connectivity index (χ1) is 8.34. The molecule has 1 N–H and O–H groups in total. The Hall–Kier alpha value is -1.74. The number of aromatic amines is 1. The molecule has 0 atom stereocenters. The summed E-state index contributed by atoms with van der Waals surface area (Å²) in [5.41, 5.74) is 3.52. The summed E-state index contributed by atoms with van der Waals surface area (Å²) in [5, 5.41) is 11.6. The Morgan fingerprint density at radius 2 is 1.94 bits per heavy atom. The largest absolute Gasteiger partial charge is 0.285 e. The number of hydrogen-bond donors (Lipinski definition) is 2. The van der Waals surface area contributed by atoms with E-state index >= 15 is 0 Å². The predicted molar refractivity (Wildman–Crippen MR) is 74.3 cm³/mol. The Kier molecular flexibility index (Phi) is 2.61. The summed E-state index contributed by atoms with van der Waals surface area (Å²) in [5.74, 6) is 0. The molecule has 0 spiro atoms. The number of benzene rings is 1. The molecule has 1 aliphatic rings. The van der Waals surface area contributed by atoms with Crippen LogP contribution in [0.2, 0.25) is 0 Å². The van der Waals surface area contributed by atoms with E-state index in [1.54, 1.807) is 0 Å².